The number of carbonyl (C=O) groups is 1. The van der Waals surface area contributed by atoms with Crippen molar-refractivity contribution in [2.45, 2.75) is 25.8 Å². The Kier molecular flexibility index (Phi) is 5.60. The number of nitrogens with one attached hydrogen (secondary N) is 1. The summed E-state index contributed by atoms with van der Waals surface area (Å²) >= 11 is 0. The average Bonchev–Trinajstić information content (AvgIpc) is 2.62. The number of likely N-dealkylation sites (N-methyl/N-ethyl adjacent to an activating group) is 1. The molecule has 2 aliphatic rings. The van der Waals surface area contributed by atoms with E-state index in [1.807, 2.05) is 11.9 Å². The van der Waals surface area contributed by atoms with E-state index in [0.717, 1.165) is 26.2 Å². The Bertz CT molecular complexity index is 298. The molecular weight excluding hydrogens is 242 g/mol. The maximum absolute atomic E-state index is 12.4. The van der Waals surface area contributed by atoms with Crippen molar-refractivity contribution in [3.63, 3.8) is 0 Å². The lowest BCUT2D eigenvalue weighted by atomic mass is 9.97. The number of hydrogen-bond acceptors (Lipinski definition) is 4. The number of amides is 1. The first-order valence-electron chi connectivity index (χ1n) is 7.50. The van der Waals surface area contributed by atoms with Gasteiger partial charge in [-0.1, -0.05) is 6.92 Å². The van der Waals surface area contributed by atoms with Crippen LogP contribution in [0.4, 0.5) is 0 Å². The summed E-state index contributed by atoms with van der Waals surface area (Å²) in [6.07, 6.45) is 2.50. The molecule has 0 bridgehead atoms. The molecule has 0 aromatic carbocycles. The molecule has 1 N–H and O–H groups in total. The molecule has 0 saturated carbocycles. The molecule has 2 rings (SSSR count). The number of rotatable bonds is 4. The third kappa shape index (κ3) is 3.91. The van der Waals surface area contributed by atoms with E-state index in [1.54, 1.807) is 0 Å². The van der Waals surface area contributed by atoms with Crippen LogP contribution in [-0.2, 0) is 9.53 Å². The van der Waals surface area contributed by atoms with Crippen LogP contribution in [0.25, 0.3) is 0 Å². The predicted octanol–water partition coefficient (Wildman–Crippen LogP) is 0.165. The molecule has 2 unspecified atom stereocenters. The molecule has 2 heterocycles. The van der Waals surface area contributed by atoms with Crippen LogP contribution in [0.2, 0.25) is 0 Å². The number of carbonyl (C=O) groups excluding carboxylic acids is 1. The van der Waals surface area contributed by atoms with Gasteiger partial charge in [0.2, 0.25) is 5.91 Å². The van der Waals surface area contributed by atoms with Crippen molar-refractivity contribution >= 4 is 5.91 Å². The molecular formula is C14H27N3O2. The summed E-state index contributed by atoms with van der Waals surface area (Å²) in [5, 5.41) is 3.05. The van der Waals surface area contributed by atoms with Gasteiger partial charge in [-0.25, -0.2) is 0 Å². The number of likely N-dealkylation sites (tertiary alicyclic amines) is 1. The Morgan fingerprint density at radius 2 is 2.26 bits per heavy atom. The molecule has 0 aromatic rings. The van der Waals surface area contributed by atoms with E-state index in [1.165, 1.54) is 19.4 Å². The van der Waals surface area contributed by atoms with Gasteiger partial charge in [0.15, 0.2) is 0 Å². The van der Waals surface area contributed by atoms with Gasteiger partial charge in [-0.2, -0.15) is 0 Å². The topological polar surface area (TPSA) is 44.8 Å². The van der Waals surface area contributed by atoms with E-state index in [9.17, 15) is 4.79 Å². The molecule has 2 atom stereocenters. The Morgan fingerprint density at radius 3 is 3.00 bits per heavy atom. The van der Waals surface area contributed by atoms with Crippen LogP contribution in [0.1, 0.15) is 19.8 Å². The first-order chi connectivity index (χ1) is 9.24. The number of hydrogen-bond donors (Lipinski definition) is 1. The van der Waals surface area contributed by atoms with Crippen LogP contribution < -0.4 is 5.32 Å². The fraction of sp³-hybridized carbons (Fsp3) is 0.929. The Hall–Kier alpha value is -0.650. The van der Waals surface area contributed by atoms with Gasteiger partial charge >= 0.3 is 0 Å². The second-order valence-corrected chi connectivity index (χ2v) is 5.60. The lowest BCUT2D eigenvalue weighted by molar-refractivity contribution is -0.133. The smallest absolute Gasteiger partial charge is 0.242 e. The third-order valence-corrected chi connectivity index (χ3v) is 4.28. The first kappa shape index (κ1) is 14.8. The summed E-state index contributed by atoms with van der Waals surface area (Å²) in [5.74, 6) is 0.821. The minimum Gasteiger partial charge on any atom is -0.377 e. The van der Waals surface area contributed by atoms with Crippen molar-refractivity contribution in [3.05, 3.63) is 0 Å². The van der Waals surface area contributed by atoms with E-state index < -0.39 is 0 Å². The van der Waals surface area contributed by atoms with Gasteiger partial charge in [0.05, 0.1) is 13.2 Å². The van der Waals surface area contributed by atoms with Gasteiger partial charge in [0.1, 0.15) is 6.04 Å². The highest BCUT2D eigenvalue weighted by atomic mass is 16.5. The number of nitrogens with zero attached hydrogens (tertiary/aromatic N) is 2. The monoisotopic (exact) mass is 269 g/mol. The minimum atomic E-state index is -0.173. The summed E-state index contributed by atoms with van der Waals surface area (Å²) < 4.78 is 5.49. The zero-order valence-corrected chi connectivity index (χ0v) is 12.2. The van der Waals surface area contributed by atoms with Crippen LogP contribution >= 0.6 is 0 Å². The summed E-state index contributed by atoms with van der Waals surface area (Å²) in [6, 6.07) is -0.173. The van der Waals surface area contributed by atoms with Gasteiger partial charge in [-0.3, -0.25) is 4.79 Å². The average molecular weight is 269 g/mol. The van der Waals surface area contributed by atoms with E-state index in [2.05, 4.69) is 17.1 Å². The van der Waals surface area contributed by atoms with Crippen molar-refractivity contribution in [1.29, 1.82) is 0 Å². The summed E-state index contributed by atoms with van der Waals surface area (Å²) in [4.78, 5) is 16.9. The normalized spacial score (nSPS) is 30.4. The Morgan fingerprint density at radius 1 is 1.42 bits per heavy atom. The Labute approximate surface area is 116 Å². The van der Waals surface area contributed by atoms with Crippen molar-refractivity contribution in [3.8, 4) is 0 Å². The molecule has 0 aliphatic carbocycles. The lowest BCUT2D eigenvalue weighted by Crippen LogP contribution is -2.49. The molecule has 2 fully saturated rings. The first-order valence-corrected chi connectivity index (χ1v) is 7.50. The minimum absolute atomic E-state index is 0.173. The predicted molar refractivity (Wildman–Crippen MR) is 75.1 cm³/mol. The van der Waals surface area contributed by atoms with Gasteiger partial charge in [0.25, 0.3) is 0 Å². The van der Waals surface area contributed by atoms with Crippen LogP contribution in [0.5, 0.6) is 0 Å². The molecule has 2 aliphatic heterocycles. The van der Waals surface area contributed by atoms with Crippen molar-refractivity contribution in [2.75, 3.05) is 53.0 Å². The van der Waals surface area contributed by atoms with Gasteiger partial charge < -0.3 is 19.9 Å². The van der Waals surface area contributed by atoms with E-state index in [0.29, 0.717) is 19.1 Å². The molecule has 2 saturated heterocycles. The van der Waals surface area contributed by atoms with Crippen molar-refractivity contribution in [2.24, 2.45) is 5.92 Å². The maximum Gasteiger partial charge on any atom is 0.242 e. The zero-order valence-electron chi connectivity index (χ0n) is 12.2. The van der Waals surface area contributed by atoms with E-state index in [4.69, 9.17) is 4.74 Å². The van der Waals surface area contributed by atoms with Crippen LogP contribution in [0.3, 0.4) is 0 Å². The van der Waals surface area contributed by atoms with Crippen molar-refractivity contribution < 1.29 is 9.53 Å². The molecule has 19 heavy (non-hydrogen) atoms. The van der Waals surface area contributed by atoms with Crippen LogP contribution in [0.15, 0.2) is 0 Å². The van der Waals surface area contributed by atoms with Crippen LogP contribution in [0, 0.1) is 5.92 Å². The van der Waals surface area contributed by atoms with E-state index in [-0.39, 0.29) is 11.9 Å². The molecule has 0 spiro atoms. The molecule has 0 radical (unpaired) electrons. The van der Waals surface area contributed by atoms with Gasteiger partial charge in [-0.15, -0.1) is 0 Å². The largest absolute Gasteiger partial charge is 0.377 e. The maximum atomic E-state index is 12.4. The van der Waals surface area contributed by atoms with Crippen molar-refractivity contribution in [1.82, 2.24) is 15.1 Å². The SMILES string of the molecule is CCN1CCCC(CN2CCOCC(NC)C2=O)C1. The lowest BCUT2D eigenvalue weighted by Gasteiger charge is -2.35. The summed E-state index contributed by atoms with van der Waals surface area (Å²) in [7, 11) is 1.83. The van der Waals surface area contributed by atoms with Crippen LogP contribution in [-0.4, -0.2) is 74.7 Å². The standard InChI is InChI=1S/C14H27N3O2/c1-3-16-6-4-5-12(9-16)10-17-7-8-19-11-13(15-2)14(17)18/h12-13,15H,3-11H2,1-2H3. The number of piperidine rings is 1. The van der Waals surface area contributed by atoms with Gasteiger partial charge in [-0.05, 0) is 38.9 Å². The Balaban J connectivity index is 1.90. The molecule has 5 heteroatoms. The van der Waals surface area contributed by atoms with Gasteiger partial charge in [0, 0.05) is 19.6 Å². The highest BCUT2D eigenvalue weighted by molar-refractivity contribution is 5.82. The quantitative estimate of drug-likeness (QED) is 0.790. The fourth-order valence-corrected chi connectivity index (χ4v) is 3.07. The highest BCUT2D eigenvalue weighted by Gasteiger charge is 2.29. The summed E-state index contributed by atoms with van der Waals surface area (Å²) in [5.41, 5.74) is 0. The molecule has 110 valence electrons. The second-order valence-electron chi connectivity index (χ2n) is 5.60. The zero-order chi connectivity index (χ0) is 13.7. The highest BCUT2D eigenvalue weighted by Crippen LogP contribution is 2.18. The molecule has 0 aromatic heterocycles. The second kappa shape index (κ2) is 7.22. The molecule has 5 nitrogen and oxygen atoms in total. The number of ether oxygens (including phenoxy) is 1. The summed E-state index contributed by atoms with van der Waals surface area (Å²) in [6.45, 7) is 8.45. The third-order valence-electron chi connectivity index (χ3n) is 4.28. The fourth-order valence-electron chi connectivity index (χ4n) is 3.07. The molecule has 1 amide bonds. The van der Waals surface area contributed by atoms with E-state index >= 15 is 0 Å².